The van der Waals surface area contributed by atoms with Crippen LogP contribution in [-0.2, 0) is 5.41 Å². The molecule has 4 aromatic rings. The Morgan fingerprint density at radius 3 is 1.62 bits per heavy atom. The second kappa shape index (κ2) is 9.19. The van der Waals surface area contributed by atoms with Crippen LogP contribution in [0.15, 0.2) is 97.1 Å². The van der Waals surface area contributed by atoms with Gasteiger partial charge >= 0.3 is 0 Å². The molecule has 0 aromatic heterocycles. The minimum atomic E-state index is -0.114. The zero-order valence-electron chi connectivity index (χ0n) is 18.8. The molecule has 0 aliphatic heterocycles. The molecule has 0 bridgehead atoms. The summed E-state index contributed by atoms with van der Waals surface area (Å²) in [5.41, 5.74) is 10.1. The van der Waals surface area contributed by atoms with Crippen LogP contribution in [0.5, 0.6) is 23.0 Å². The Balaban J connectivity index is 1.52. The van der Waals surface area contributed by atoms with E-state index in [0.717, 1.165) is 29.4 Å². The zero-order chi connectivity index (χ0) is 22.6. The number of nitrogens with two attached hydrogens (primary N) is 1. The smallest absolute Gasteiger partial charge is 0.129 e. The van der Waals surface area contributed by atoms with Crippen LogP contribution in [0.2, 0.25) is 0 Å². The summed E-state index contributed by atoms with van der Waals surface area (Å²) in [6, 6.07) is 32.3. The van der Waals surface area contributed by atoms with Crippen LogP contribution >= 0.6 is 0 Å². The SMILES string of the molecule is CCC(C)(c1ccc(Oc2cccc(C)c2)cc1)c1ccc(Oc2cccc(N)c2)cc1. The van der Waals surface area contributed by atoms with Gasteiger partial charge in [-0.3, -0.25) is 0 Å². The van der Waals surface area contributed by atoms with Crippen molar-refractivity contribution in [1.82, 2.24) is 0 Å². The van der Waals surface area contributed by atoms with Gasteiger partial charge in [0.1, 0.15) is 23.0 Å². The number of hydrogen-bond acceptors (Lipinski definition) is 3. The van der Waals surface area contributed by atoms with Crippen molar-refractivity contribution in [1.29, 1.82) is 0 Å². The number of hydrogen-bond donors (Lipinski definition) is 1. The van der Waals surface area contributed by atoms with Gasteiger partial charge in [0.2, 0.25) is 0 Å². The van der Waals surface area contributed by atoms with E-state index >= 15 is 0 Å². The van der Waals surface area contributed by atoms with Crippen LogP contribution in [-0.4, -0.2) is 0 Å². The van der Waals surface area contributed by atoms with Crippen molar-refractivity contribution in [2.24, 2.45) is 0 Å². The van der Waals surface area contributed by atoms with E-state index in [-0.39, 0.29) is 5.41 Å². The lowest BCUT2D eigenvalue weighted by Crippen LogP contribution is -2.22. The molecule has 0 fully saturated rings. The van der Waals surface area contributed by atoms with Gasteiger partial charge in [-0.2, -0.15) is 0 Å². The Morgan fingerprint density at radius 1 is 0.656 bits per heavy atom. The van der Waals surface area contributed by atoms with Gasteiger partial charge in [-0.1, -0.05) is 56.3 Å². The summed E-state index contributed by atoms with van der Waals surface area (Å²) in [5.74, 6) is 3.22. The fraction of sp³-hybridized carbons (Fsp3) is 0.172. The van der Waals surface area contributed by atoms with Gasteiger partial charge in [0, 0.05) is 17.2 Å². The first kappa shape index (κ1) is 21.5. The topological polar surface area (TPSA) is 44.5 Å². The van der Waals surface area contributed by atoms with E-state index in [1.807, 2.05) is 66.7 Å². The average Bonchev–Trinajstić information content (AvgIpc) is 2.80. The molecule has 0 aliphatic carbocycles. The number of ether oxygens (including phenoxy) is 2. The molecule has 162 valence electrons. The third-order valence-corrected chi connectivity index (χ3v) is 6.01. The maximum Gasteiger partial charge on any atom is 0.129 e. The van der Waals surface area contributed by atoms with Crippen LogP contribution in [0.3, 0.4) is 0 Å². The Morgan fingerprint density at radius 2 is 1.16 bits per heavy atom. The molecule has 1 atom stereocenters. The van der Waals surface area contributed by atoms with Gasteiger partial charge in [-0.05, 0) is 78.6 Å². The molecule has 3 nitrogen and oxygen atoms in total. The van der Waals surface area contributed by atoms with Gasteiger partial charge < -0.3 is 15.2 Å². The highest BCUT2D eigenvalue weighted by atomic mass is 16.5. The standard InChI is InChI=1S/C29H29NO2/c1-4-29(3,22-11-15-25(16-12-22)31-27-9-5-7-21(2)19-27)23-13-17-26(18-14-23)32-28-10-6-8-24(30)20-28/h5-20H,4,30H2,1-3H3. The molecule has 0 saturated carbocycles. The maximum absolute atomic E-state index is 6.02. The lowest BCUT2D eigenvalue weighted by Gasteiger charge is -2.30. The van der Waals surface area contributed by atoms with Crippen molar-refractivity contribution < 1.29 is 9.47 Å². The summed E-state index contributed by atoms with van der Waals surface area (Å²) in [4.78, 5) is 0. The fourth-order valence-electron chi connectivity index (χ4n) is 3.89. The highest BCUT2D eigenvalue weighted by Gasteiger charge is 2.27. The molecule has 4 rings (SSSR count). The third kappa shape index (κ3) is 4.78. The van der Waals surface area contributed by atoms with E-state index in [4.69, 9.17) is 15.2 Å². The van der Waals surface area contributed by atoms with Crippen LogP contribution in [0.4, 0.5) is 5.69 Å². The number of benzene rings is 4. The van der Waals surface area contributed by atoms with Crippen molar-refractivity contribution in [3.05, 3.63) is 114 Å². The van der Waals surface area contributed by atoms with Crippen LogP contribution in [0.25, 0.3) is 0 Å². The predicted octanol–water partition coefficient (Wildman–Crippen LogP) is 7.88. The van der Waals surface area contributed by atoms with Crippen LogP contribution in [0.1, 0.15) is 37.0 Å². The number of nitrogen functional groups attached to an aromatic ring is 1. The lowest BCUT2D eigenvalue weighted by atomic mass is 9.74. The maximum atomic E-state index is 6.02. The lowest BCUT2D eigenvalue weighted by molar-refractivity contribution is 0.479. The van der Waals surface area contributed by atoms with Gasteiger partial charge in [-0.15, -0.1) is 0 Å². The molecule has 0 heterocycles. The Hall–Kier alpha value is -3.72. The van der Waals surface area contributed by atoms with E-state index in [1.54, 1.807) is 0 Å². The van der Waals surface area contributed by atoms with Gasteiger partial charge in [0.05, 0.1) is 0 Å². The van der Waals surface area contributed by atoms with Gasteiger partial charge in [0.15, 0.2) is 0 Å². The molecule has 1 unspecified atom stereocenters. The minimum Gasteiger partial charge on any atom is -0.457 e. The average molecular weight is 424 g/mol. The molecule has 4 aromatic carbocycles. The largest absolute Gasteiger partial charge is 0.457 e. The fourth-order valence-corrected chi connectivity index (χ4v) is 3.89. The van der Waals surface area contributed by atoms with Crippen molar-refractivity contribution in [2.45, 2.75) is 32.6 Å². The molecule has 0 radical (unpaired) electrons. The van der Waals surface area contributed by atoms with E-state index < -0.39 is 0 Å². The first-order valence-electron chi connectivity index (χ1n) is 11.0. The number of rotatable bonds is 7. The van der Waals surface area contributed by atoms with E-state index in [2.05, 4.69) is 51.1 Å². The molecule has 0 spiro atoms. The van der Waals surface area contributed by atoms with Crippen molar-refractivity contribution in [2.75, 3.05) is 5.73 Å². The summed E-state index contributed by atoms with van der Waals surface area (Å²) in [6.07, 6.45) is 0.973. The normalized spacial score (nSPS) is 12.7. The Labute approximate surface area is 190 Å². The van der Waals surface area contributed by atoms with E-state index in [9.17, 15) is 0 Å². The molecule has 3 heteroatoms. The summed E-state index contributed by atoms with van der Waals surface area (Å²) in [5, 5.41) is 0. The summed E-state index contributed by atoms with van der Waals surface area (Å²) in [6.45, 7) is 6.56. The van der Waals surface area contributed by atoms with Crippen molar-refractivity contribution in [3.63, 3.8) is 0 Å². The Kier molecular flexibility index (Phi) is 6.18. The summed E-state index contributed by atoms with van der Waals surface area (Å²) in [7, 11) is 0. The van der Waals surface area contributed by atoms with Gasteiger partial charge in [0.25, 0.3) is 0 Å². The van der Waals surface area contributed by atoms with Crippen molar-refractivity contribution >= 4 is 5.69 Å². The summed E-state index contributed by atoms with van der Waals surface area (Å²) < 4.78 is 12.0. The Bertz CT molecular complexity index is 1090. The highest BCUT2D eigenvalue weighted by Crippen LogP contribution is 2.37. The molecule has 0 aliphatic rings. The van der Waals surface area contributed by atoms with E-state index in [0.29, 0.717) is 5.69 Å². The molecule has 32 heavy (non-hydrogen) atoms. The first-order chi connectivity index (χ1) is 15.5. The molecule has 0 amide bonds. The second-order valence-electron chi connectivity index (χ2n) is 8.33. The number of anilines is 1. The van der Waals surface area contributed by atoms with Crippen LogP contribution < -0.4 is 15.2 Å². The highest BCUT2D eigenvalue weighted by molar-refractivity contribution is 5.47. The summed E-state index contributed by atoms with van der Waals surface area (Å²) >= 11 is 0. The molecular formula is C29H29NO2. The van der Waals surface area contributed by atoms with Crippen molar-refractivity contribution in [3.8, 4) is 23.0 Å². The number of aryl methyl sites for hydroxylation is 1. The predicted molar refractivity (Wildman–Crippen MR) is 132 cm³/mol. The molecule has 2 N–H and O–H groups in total. The minimum absolute atomic E-state index is 0.114. The quantitative estimate of drug-likeness (QED) is 0.307. The first-order valence-corrected chi connectivity index (χ1v) is 11.0. The van der Waals surface area contributed by atoms with Gasteiger partial charge in [-0.25, -0.2) is 0 Å². The monoisotopic (exact) mass is 423 g/mol. The van der Waals surface area contributed by atoms with E-state index in [1.165, 1.54) is 16.7 Å². The zero-order valence-corrected chi connectivity index (χ0v) is 18.8. The third-order valence-electron chi connectivity index (χ3n) is 6.01. The molecule has 0 saturated heterocycles. The molecular weight excluding hydrogens is 394 g/mol. The van der Waals surface area contributed by atoms with Crippen LogP contribution in [0, 0.1) is 6.92 Å². The second-order valence-corrected chi connectivity index (χ2v) is 8.33.